The average molecular weight is 322 g/mol. The van der Waals surface area contributed by atoms with Crippen molar-refractivity contribution >= 4 is 18.3 Å². The molecule has 0 spiro atoms. The van der Waals surface area contributed by atoms with Gasteiger partial charge in [-0.05, 0) is 29.8 Å². The van der Waals surface area contributed by atoms with E-state index in [9.17, 15) is 4.79 Å². The molecule has 0 unspecified atom stereocenters. The molecule has 2 rings (SSSR count). The molecule has 0 aliphatic carbocycles. The second-order valence-electron chi connectivity index (χ2n) is 4.58. The van der Waals surface area contributed by atoms with E-state index < -0.39 is 0 Å². The number of nitrogens with zero attached hydrogens (tertiary/aromatic N) is 1. The zero-order valence-electron chi connectivity index (χ0n) is 12.4. The Morgan fingerprint density at radius 1 is 1.27 bits per heavy atom. The summed E-state index contributed by atoms with van der Waals surface area (Å²) in [6.45, 7) is 1.48. The van der Waals surface area contributed by atoms with Crippen LogP contribution < -0.4 is 11.1 Å². The maximum atomic E-state index is 11.9. The number of pyridine rings is 1. The van der Waals surface area contributed by atoms with E-state index in [0.29, 0.717) is 25.3 Å². The quantitative estimate of drug-likeness (QED) is 0.798. The number of ether oxygens (including phenoxy) is 1. The molecule has 118 valence electrons. The summed E-state index contributed by atoms with van der Waals surface area (Å²) in [4.78, 5) is 16.2. The zero-order valence-corrected chi connectivity index (χ0v) is 13.2. The molecule has 0 atom stereocenters. The van der Waals surface area contributed by atoms with Crippen molar-refractivity contribution < 1.29 is 9.53 Å². The van der Waals surface area contributed by atoms with Gasteiger partial charge < -0.3 is 15.8 Å². The third kappa shape index (κ3) is 4.80. The Kier molecular flexibility index (Phi) is 7.52. The summed E-state index contributed by atoms with van der Waals surface area (Å²) in [7, 11) is 1.60. The number of benzene rings is 1. The number of nitrogens with two attached hydrogens (primary N) is 1. The van der Waals surface area contributed by atoms with Gasteiger partial charge in [-0.2, -0.15) is 0 Å². The molecule has 0 fully saturated rings. The van der Waals surface area contributed by atoms with Gasteiger partial charge in [-0.1, -0.05) is 12.1 Å². The molecule has 0 bridgehead atoms. The summed E-state index contributed by atoms with van der Waals surface area (Å²) in [5.41, 5.74) is 9.08. The Bertz CT molecular complexity index is 603. The van der Waals surface area contributed by atoms with Gasteiger partial charge in [0.15, 0.2) is 0 Å². The van der Waals surface area contributed by atoms with E-state index in [4.69, 9.17) is 10.5 Å². The summed E-state index contributed by atoms with van der Waals surface area (Å²) in [5.74, 6) is -0.109. The van der Waals surface area contributed by atoms with E-state index in [2.05, 4.69) is 10.3 Å². The second kappa shape index (κ2) is 9.15. The highest BCUT2D eigenvalue weighted by atomic mass is 35.5. The minimum absolute atomic E-state index is 0. The summed E-state index contributed by atoms with van der Waals surface area (Å²) in [5, 5.41) is 2.78. The number of amides is 1. The van der Waals surface area contributed by atoms with Crippen molar-refractivity contribution in [2.24, 2.45) is 5.73 Å². The molecular formula is C16H20ClN3O2. The monoisotopic (exact) mass is 321 g/mol. The lowest BCUT2D eigenvalue weighted by Gasteiger charge is -2.06. The summed E-state index contributed by atoms with van der Waals surface area (Å²) < 4.78 is 4.89. The molecule has 1 aromatic carbocycles. The third-order valence-corrected chi connectivity index (χ3v) is 3.09. The lowest BCUT2D eigenvalue weighted by molar-refractivity contribution is 0.0937. The first-order valence-corrected chi connectivity index (χ1v) is 6.77. The highest BCUT2D eigenvalue weighted by Gasteiger charge is 2.06. The fraction of sp³-hybridized carbons (Fsp3) is 0.250. The molecule has 1 heterocycles. The predicted octanol–water partition coefficient (Wildman–Crippen LogP) is 2.01. The van der Waals surface area contributed by atoms with Crippen molar-refractivity contribution in [1.29, 1.82) is 0 Å². The van der Waals surface area contributed by atoms with E-state index in [1.54, 1.807) is 25.4 Å². The molecular weight excluding hydrogens is 302 g/mol. The highest BCUT2D eigenvalue weighted by molar-refractivity contribution is 5.94. The molecule has 0 radical (unpaired) electrons. The molecule has 0 aliphatic heterocycles. The molecule has 1 aromatic heterocycles. The van der Waals surface area contributed by atoms with Gasteiger partial charge in [0.05, 0.1) is 12.3 Å². The van der Waals surface area contributed by atoms with Crippen molar-refractivity contribution in [1.82, 2.24) is 10.3 Å². The van der Waals surface area contributed by atoms with Crippen molar-refractivity contribution in [3.8, 4) is 11.3 Å². The van der Waals surface area contributed by atoms with Gasteiger partial charge in [-0.15, -0.1) is 12.4 Å². The molecule has 1 amide bonds. The minimum atomic E-state index is -0.109. The van der Waals surface area contributed by atoms with Gasteiger partial charge in [-0.25, -0.2) is 0 Å². The zero-order chi connectivity index (χ0) is 15.1. The van der Waals surface area contributed by atoms with Crippen LogP contribution in [0.4, 0.5) is 0 Å². The van der Waals surface area contributed by atoms with E-state index >= 15 is 0 Å². The fourth-order valence-corrected chi connectivity index (χ4v) is 1.92. The normalized spacial score (nSPS) is 9.91. The first kappa shape index (κ1) is 18.1. The maximum Gasteiger partial charge on any atom is 0.251 e. The van der Waals surface area contributed by atoms with E-state index in [-0.39, 0.29) is 18.3 Å². The summed E-state index contributed by atoms with van der Waals surface area (Å²) in [6.07, 6.45) is 1.74. The summed E-state index contributed by atoms with van der Waals surface area (Å²) in [6, 6.07) is 11.2. The highest BCUT2D eigenvalue weighted by Crippen LogP contribution is 2.18. The van der Waals surface area contributed by atoms with Gasteiger partial charge in [0.1, 0.15) is 0 Å². The fourth-order valence-electron chi connectivity index (χ4n) is 1.92. The minimum Gasteiger partial charge on any atom is -0.383 e. The molecule has 0 saturated carbocycles. The number of aromatic nitrogens is 1. The number of nitrogens with one attached hydrogen (secondary N) is 1. The predicted molar refractivity (Wildman–Crippen MR) is 89.0 cm³/mol. The van der Waals surface area contributed by atoms with E-state index in [1.807, 2.05) is 24.3 Å². The van der Waals surface area contributed by atoms with Crippen LogP contribution >= 0.6 is 12.4 Å². The number of carbonyl (C=O) groups excluding carboxylic acids is 1. The van der Waals surface area contributed by atoms with Gasteiger partial charge in [-0.3, -0.25) is 9.78 Å². The van der Waals surface area contributed by atoms with Crippen LogP contribution in [0.1, 0.15) is 15.9 Å². The van der Waals surface area contributed by atoms with E-state index in [1.165, 1.54) is 0 Å². The first-order valence-electron chi connectivity index (χ1n) is 6.77. The van der Waals surface area contributed by atoms with Gasteiger partial charge in [0.25, 0.3) is 5.91 Å². The lowest BCUT2D eigenvalue weighted by Crippen LogP contribution is -2.26. The molecule has 0 aliphatic rings. The van der Waals surface area contributed by atoms with Crippen molar-refractivity contribution in [2.45, 2.75) is 6.54 Å². The number of hydrogen-bond donors (Lipinski definition) is 2. The van der Waals surface area contributed by atoms with Crippen molar-refractivity contribution in [2.75, 3.05) is 20.3 Å². The van der Waals surface area contributed by atoms with Crippen molar-refractivity contribution in [3.05, 3.63) is 53.7 Å². The number of hydrogen-bond acceptors (Lipinski definition) is 4. The van der Waals surface area contributed by atoms with Crippen LogP contribution in [0.15, 0.2) is 42.6 Å². The van der Waals surface area contributed by atoms with Gasteiger partial charge >= 0.3 is 0 Å². The maximum absolute atomic E-state index is 11.9. The van der Waals surface area contributed by atoms with Gasteiger partial charge in [0.2, 0.25) is 0 Å². The van der Waals surface area contributed by atoms with E-state index in [0.717, 1.165) is 16.8 Å². The molecule has 5 nitrogen and oxygen atoms in total. The van der Waals surface area contributed by atoms with Crippen LogP contribution in [-0.2, 0) is 11.3 Å². The topological polar surface area (TPSA) is 77.2 Å². The molecule has 6 heteroatoms. The van der Waals surface area contributed by atoms with Crippen LogP contribution in [-0.4, -0.2) is 31.2 Å². The smallest absolute Gasteiger partial charge is 0.251 e. The molecule has 2 aromatic rings. The number of methoxy groups -OCH3 is 1. The number of halogens is 1. The lowest BCUT2D eigenvalue weighted by atomic mass is 10.1. The first-order chi connectivity index (χ1) is 10.2. The summed E-state index contributed by atoms with van der Waals surface area (Å²) >= 11 is 0. The Morgan fingerprint density at radius 3 is 2.64 bits per heavy atom. The van der Waals surface area contributed by atoms with Crippen molar-refractivity contribution in [3.63, 3.8) is 0 Å². The SMILES string of the molecule is COCCNC(=O)c1ccc(-c2cc(CN)ccn2)cc1.Cl. The van der Waals surface area contributed by atoms with Crippen LogP contribution in [0.2, 0.25) is 0 Å². The molecule has 3 N–H and O–H groups in total. The Labute approximate surface area is 136 Å². The molecule has 0 saturated heterocycles. The van der Waals surface area contributed by atoms with Crippen LogP contribution in [0, 0.1) is 0 Å². The number of carbonyl (C=O) groups is 1. The average Bonchev–Trinajstić information content (AvgIpc) is 2.55. The second-order valence-corrected chi connectivity index (χ2v) is 4.58. The standard InChI is InChI=1S/C16H19N3O2.ClH/c1-21-9-8-19-16(20)14-4-2-13(3-5-14)15-10-12(11-17)6-7-18-15;/h2-7,10H,8-9,11,17H2,1H3,(H,19,20);1H. The Morgan fingerprint density at radius 2 is 2.00 bits per heavy atom. The third-order valence-electron chi connectivity index (χ3n) is 3.09. The Hall–Kier alpha value is -1.95. The Balaban J connectivity index is 0.00000242. The number of rotatable bonds is 6. The largest absolute Gasteiger partial charge is 0.383 e. The molecule has 22 heavy (non-hydrogen) atoms. The van der Waals surface area contributed by atoms with Gasteiger partial charge in [0, 0.05) is 37.5 Å². The van der Waals surface area contributed by atoms with Crippen LogP contribution in [0.3, 0.4) is 0 Å². The van der Waals surface area contributed by atoms with Crippen LogP contribution in [0.5, 0.6) is 0 Å². The van der Waals surface area contributed by atoms with Crippen LogP contribution in [0.25, 0.3) is 11.3 Å².